The number of aliphatic hydroxyl groups is 1. The molecule has 1 fully saturated rings. The summed E-state index contributed by atoms with van der Waals surface area (Å²) >= 11 is 0. The molecule has 1 aromatic carbocycles. The lowest BCUT2D eigenvalue weighted by molar-refractivity contribution is 0.0267. The Morgan fingerprint density at radius 2 is 1.83 bits per heavy atom. The molecule has 3 N–H and O–H groups in total. The molecule has 0 amide bonds. The lowest BCUT2D eigenvalue weighted by Gasteiger charge is -2.38. The zero-order valence-corrected chi connectivity index (χ0v) is 10.6. The lowest BCUT2D eigenvalue weighted by Crippen LogP contribution is -2.49. The number of aliphatic hydroxyl groups excluding tert-OH is 1. The van der Waals surface area contributed by atoms with E-state index in [-0.39, 0.29) is 17.9 Å². The molecule has 1 saturated heterocycles. The van der Waals surface area contributed by atoms with Crippen molar-refractivity contribution in [1.29, 1.82) is 0 Å². The van der Waals surface area contributed by atoms with Gasteiger partial charge in [0.2, 0.25) is 0 Å². The fourth-order valence-corrected chi connectivity index (χ4v) is 2.39. The number of nitrogens with one attached hydrogen (secondary N) is 1. The molecule has 1 aliphatic rings. The zero-order chi connectivity index (χ0) is 12.8. The average molecular weight is 251 g/mol. The van der Waals surface area contributed by atoms with E-state index < -0.39 is 0 Å². The number of hydrogen-bond donors (Lipinski definition) is 3. The van der Waals surface area contributed by atoms with Gasteiger partial charge < -0.3 is 20.3 Å². The van der Waals surface area contributed by atoms with Crippen LogP contribution in [0, 0.1) is 0 Å². The van der Waals surface area contributed by atoms with E-state index in [0.717, 1.165) is 44.6 Å². The highest BCUT2D eigenvalue weighted by Gasteiger charge is 2.31. The average Bonchev–Trinajstić information content (AvgIpc) is 2.40. The van der Waals surface area contributed by atoms with Crippen LogP contribution in [-0.4, -0.2) is 35.6 Å². The first-order valence-corrected chi connectivity index (χ1v) is 6.46. The van der Waals surface area contributed by atoms with Gasteiger partial charge in [-0.15, -0.1) is 0 Å². The maximum Gasteiger partial charge on any atom is 0.115 e. The van der Waals surface area contributed by atoms with E-state index in [2.05, 4.69) is 5.32 Å². The summed E-state index contributed by atoms with van der Waals surface area (Å²) < 4.78 is 5.38. The Morgan fingerprint density at radius 1 is 1.17 bits per heavy atom. The first-order chi connectivity index (χ1) is 8.74. The minimum absolute atomic E-state index is 0.00904. The van der Waals surface area contributed by atoms with Gasteiger partial charge in [0.1, 0.15) is 5.75 Å². The second-order valence-corrected chi connectivity index (χ2v) is 4.89. The van der Waals surface area contributed by atoms with Gasteiger partial charge in [-0.05, 0) is 37.0 Å². The van der Waals surface area contributed by atoms with E-state index in [4.69, 9.17) is 4.74 Å². The predicted molar refractivity (Wildman–Crippen MR) is 69.4 cm³/mol. The number of benzene rings is 1. The fourth-order valence-electron chi connectivity index (χ4n) is 2.39. The molecule has 1 aromatic rings. The maximum absolute atomic E-state index is 9.24. The summed E-state index contributed by atoms with van der Waals surface area (Å²) in [5, 5.41) is 22.0. The summed E-state index contributed by atoms with van der Waals surface area (Å²) in [7, 11) is 0. The van der Waals surface area contributed by atoms with Gasteiger partial charge in [-0.1, -0.05) is 12.1 Å². The highest BCUT2D eigenvalue weighted by atomic mass is 16.5. The predicted octanol–water partition coefficient (Wildman–Crippen LogP) is 1.41. The summed E-state index contributed by atoms with van der Waals surface area (Å²) in [4.78, 5) is 0. The smallest absolute Gasteiger partial charge is 0.115 e. The van der Waals surface area contributed by atoms with Crippen LogP contribution in [0.3, 0.4) is 0 Å². The van der Waals surface area contributed by atoms with Crippen LogP contribution in [0.1, 0.15) is 24.8 Å². The molecule has 18 heavy (non-hydrogen) atoms. The topological polar surface area (TPSA) is 61.7 Å². The highest BCUT2D eigenvalue weighted by Crippen LogP contribution is 2.25. The lowest BCUT2D eigenvalue weighted by atomic mass is 9.86. The second kappa shape index (κ2) is 6.18. The third-order valence-electron chi connectivity index (χ3n) is 3.64. The van der Waals surface area contributed by atoms with Crippen LogP contribution in [0.25, 0.3) is 0 Å². The van der Waals surface area contributed by atoms with Crippen LogP contribution in [-0.2, 0) is 11.3 Å². The van der Waals surface area contributed by atoms with E-state index in [1.807, 2.05) is 12.1 Å². The molecular weight excluding hydrogens is 230 g/mol. The fraction of sp³-hybridized carbons (Fsp3) is 0.571. The van der Waals surface area contributed by atoms with Gasteiger partial charge in [0.05, 0.1) is 0 Å². The van der Waals surface area contributed by atoms with Gasteiger partial charge >= 0.3 is 0 Å². The van der Waals surface area contributed by atoms with Crippen molar-refractivity contribution in [1.82, 2.24) is 5.32 Å². The van der Waals surface area contributed by atoms with Gasteiger partial charge in [0.15, 0.2) is 0 Å². The van der Waals surface area contributed by atoms with Crippen LogP contribution in [0.2, 0.25) is 0 Å². The molecule has 0 saturated carbocycles. The molecule has 0 unspecified atom stereocenters. The van der Waals surface area contributed by atoms with Gasteiger partial charge in [0, 0.05) is 31.9 Å². The molecule has 100 valence electrons. The van der Waals surface area contributed by atoms with Gasteiger partial charge in [-0.3, -0.25) is 0 Å². The van der Waals surface area contributed by atoms with E-state index in [0.29, 0.717) is 0 Å². The summed E-state index contributed by atoms with van der Waals surface area (Å²) in [6, 6.07) is 7.21. The van der Waals surface area contributed by atoms with E-state index >= 15 is 0 Å². The van der Waals surface area contributed by atoms with Crippen molar-refractivity contribution in [2.24, 2.45) is 0 Å². The molecule has 0 radical (unpaired) electrons. The van der Waals surface area contributed by atoms with Crippen LogP contribution in [0.5, 0.6) is 5.75 Å². The van der Waals surface area contributed by atoms with Gasteiger partial charge in [-0.2, -0.15) is 0 Å². The summed E-state index contributed by atoms with van der Waals surface area (Å²) in [6.45, 7) is 2.45. The zero-order valence-electron chi connectivity index (χ0n) is 10.6. The molecule has 0 spiro atoms. The maximum atomic E-state index is 9.24. The largest absolute Gasteiger partial charge is 0.508 e. The van der Waals surface area contributed by atoms with E-state index in [1.54, 1.807) is 12.1 Å². The Labute approximate surface area is 108 Å². The Kier molecular flexibility index (Phi) is 4.58. The Hall–Kier alpha value is -1.10. The number of ether oxygens (including phenoxy) is 1. The third kappa shape index (κ3) is 3.45. The monoisotopic (exact) mass is 251 g/mol. The molecule has 0 bridgehead atoms. The molecule has 4 nitrogen and oxygen atoms in total. The minimum Gasteiger partial charge on any atom is -0.508 e. The normalized spacial score (nSPS) is 18.7. The number of hydrogen-bond acceptors (Lipinski definition) is 4. The second-order valence-electron chi connectivity index (χ2n) is 4.89. The Balaban J connectivity index is 1.94. The molecule has 2 rings (SSSR count). The quantitative estimate of drug-likeness (QED) is 0.740. The van der Waals surface area contributed by atoms with Crippen molar-refractivity contribution < 1.29 is 14.9 Å². The van der Waals surface area contributed by atoms with Crippen molar-refractivity contribution in [3.63, 3.8) is 0 Å². The standard InChI is InChI=1S/C14H21NO3/c16-8-5-14(6-9-18-10-7-14)15-11-12-1-3-13(17)4-2-12/h1-4,15-17H,5-11H2. The van der Waals surface area contributed by atoms with Gasteiger partial charge in [0.25, 0.3) is 0 Å². The van der Waals surface area contributed by atoms with Crippen molar-refractivity contribution in [3.8, 4) is 5.75 Å². The van der Waals surface area contributed by atoms with Crippen molar-refractivity contribution in [2.75, 3.05) is 19.8 Å². The first kappa shape index (κ1) is 13.3. The summed E-state index contributed by atoms with van der Waals surface area (Å²) in [5.41, 5.74) is 1.13. The highest BCUT2D eigenvalue weighted by molar-refractivity contribution is 5.25. The molecule has 4 heteroatoms. The number of rotatable bonds is 5. The number of phenols is 1. The number of aromatic hydroxyl groups is 1. The van der Waals surface area contributed by atoms with Crippen molar-refractivity contribution >= 4 is 0 Å². The van der Waals surface area contributed by atoms with Crippen molar-refractivity contribution in [2.45, 2.75) is 31.3 Å². The van der Waals surface area contributed by atoms with Gasteiger partial charge in [-0.25, -0.2) is 0 Å². The molecule has 0 atom stereocenters. The third-order valence-corrected chi connectivity index (χ3v) is 3.64. The van der Waals surface area contributed by atoms with Crippen LogP contribution < -0.4 is 5.32 Å². The SMILES string of the molecule is OCCC1(NCc2ccc(O)cc2)CCOCC1. The molecule has 0 aliphatic carbocycles. The van der Waals surface area contributed by atoms with Crippen LogP contribution >= 0.6 is 0 Å². The van der Waals surface area contributed by atoms with Crippen LogP contribution in [0.15, 0.2) is 24.3 Å². The van der Waals surface area contributed by atoms with Crippen molar-refractivity contribution in [3.05, 3.63) is 29.8 Å². The van der Waals surface area contributed by atoms with Crippen LogP contribution in [0.4, 0.5) is 0 Å². The minimum atomic E-state index is -0.00904. The summed E-state index contributed by atoms with van der Waals surface area (Å²) in [6.07, 6.45) is 2.63. The molecular formula is C14H21NO3. The summed E-state index contributed by atoms with van der Waals surface area (Å²) in [5.74, 6) is 0.287. The number of phenolic OH excluding ortho intramolecular Hbond substituents is 1. The van der Waals surface area contributed by atoms with E-state index in [9.17, 15) is 10.2 Å². The molecule has 1 aliphatic heterocycles. The Morgan fingerprint density at radius 3 is 2.44 bits per heavy atom. The molecule has 0 aromatic heterocycles. The Bertz CT molecular complexity index is 352. The van der Waals surface area contributed by atoms with E-state index in [1.165, 1.54) is 0 Å². The molecule has 1 heterocycles. The first-order valence-electron chi connectivity index (χ1n) is 6.46.